The van der Waals surface area contributed by atoms with Gasteiger partial charge < -0.3 is 10.9 Å². The van der Waals surface area contributed by atoms with Gasteiger partial charge in [0.05, 0.1) is 6.20 Å². The summed E-state index contributed by atoms with van der Waals surface area (Å²) in [5.41, 5.74) is 6.12. The molecule has 0 atom stereocenters. The van der Waals surface area contributed by atoms with Crippen LogP contribution in [0.15, 0.2) is 24.4 Å². The molecule has 0 unspecified atom stereocenters. The Morgan fingerprint density at radius 2 is 2.28 bits per heavy atom. The topological polar surface area (TPSA) is 100 Å². The van der Waals surface area contributed by atoms with E-state index in [1.54, 1.807) is 12.1 Å². The molecule has 3 rings (SSSR count). The quantitative estimate of drug-likeness (QED) is 0.503. The first-order valence-electron chi connectivity index (χ1n) is 4.94. The number of nitrogens with zero attached hydrogens (tertiary/aromatic N) is 4. The van der Waals surface area contributed by atoms with Gasteiger partial charge in [0.2, 0.25) is 5.65 Å². The molecule has 1 aromatic carbocycles. The minimum absolute atomic E-state index is 0.0847. The van der Waals surface area contributed by atoms with Crippen molar-refractivity contribution in [2.75, 3.05) is 0 Å². The molecular weight excluding hydrogens is 258 g/mol. The molecule has 7 nitrogen and oxygen atoms in total. The van der Waals surface area contributed by atoms with Crippen LogP contribution in [-0.2, 0) is 0 Å². The van der Waals surface area contributed by atoms with Gasteiger partial charge in [-0.1, -0.05) is 11.6 Å². The van der Waals surface area contributed by atoms with Crippen molar-refractivity contribution in [3.05, 3.63) is 40.2 Å². The molecule has 90 valence electrons. The molecule has 8 heteroatoms. The van der Waals surface area contributed by atoms with Crippen LogP contribution < -0.4 is 10.6 Å². The third-order valence-electron chi connectivity index (χ3n) is 2.57. The lowest BCUT2D eigenvalue weighted by Crippen LogP contribution is -2.33. The van der Waals surface area contributed by atoms with Crippen molar-refractivity contribution in [3.8, 4) is 0 Å². The van der Waals surface area contributed by atoms with E-state index >= 15 is 0 Å². The maximum Gasteiger partial charge on any atom is 0.270 e. The molecule has 0 aliphatic carbocycles. The Kier molecular flexibility index (Phi) is 2.11. The summed E-state index contributed by atoms with van der Waals surface area (Å²) < 4.78 is 1.36. The van der Waals surface area contributed by atoms with E-state index in [1.165, 1.54) is 16.8 Å². The predicted molar refractivity (Wildman–Crippen MR) is 63.0 cm³/mol. The van der Waals surface area contributed by atoms with Crippen molar-refractivity contribution in [3.63, 3.8) is 0 Å². The second-order valence-corrected chi connectivity index (χ2v) is 4.10. The maximum atomic E-state index is 11.7. The van der Waals surface area contributed by atoms with Crippen molar-refractivity contribution < 1.29 is 9.64 Å². The summed E-state index contributed by atoms with van der Waals surface area (Å²) in [6.07, 6.45) is 1.27. The Hall–Kier alpha value is -2.41. The van der Waals surface area contributed by atoms with Crippen molar-refractivity contribution in [2.24, 2.45) is 5.73 Å². The van der Waals surface area contributed by atoms with E-state index in [-0.39, 0.29) is 11.2 Å². The summed E-state index contributed by atoms with van der Waals surface area (Å²) >= 11 is 5.88. The fraction of sp³-hybridized carbons (Fsp3) is 0. The molecule has 18 heavy (non-hydrogen) atoms. The standard InChI is InChI=1S/C10H6ClN5O2/c11-5-1-2-7-8(3-5)15-10(14-16(7)18)6(4-13-15)9(12)17/h1-4H,(H2,12,17). The lowest BCUT2D eigenvalue weighted by atomic mass is 10.3. The van der Waals surface area contributed by atoms with Crippen molar-refractivity contribution in [1.29, 1.82) is 0 Å². The van der Waals surface area contributed by atoms with Crippen LogP contribution in [0.3, 0.4) is 0 Å². The van der Waals surface area contributed by atoms with Gasteiger partial charge in [-0.3, -0.25) is 4.79 Å². The average molecular weight is 264 g/mol. The normalized spacial score (nSPS) is 11.2. The number of fused-ring (bicyclic) bond motifs is 3. The van der Waals surface area contributed by atoms with Crippen LogP contribution >= 0.6 is 11.6 Å². The minimum Gasteiger partial charge on any atom is -0.594 e. The molecule has 0 radical (unpaired) electrons. The lowest BCUT2D eigenvalue weighted by molar-refractivity contribution is -0.640. The number of amides is 1. The van der Waals surface area contributed by atoms with Gasteiger partial charge in [-0.25, -0.2) is 4.52 Å². The van der Waals surface area contributed by atoms with Crippen LogP contribution in [0.25, 0.3) is 16.7 Å². The van der Waals surface area contributed by atoms with Crippen LogP contribution in [0, 0.1) is 5.21 Å². The number of halogens is 1. The van der Waals surface area contributed by atoms with Gasteiger partial charge >= 0.3 is 0 Å². The smallest absolute Gasteiger partial charge is 0.270 e. The van der Waals surface area contributed by atoms with Crippen LogP contribution in [0.1, 0.15) is 10.4 Å². The number of hydrogen-bond acceptors (Lipinski definition) is 4. The van der Waals surface area contributed by atoms with Gasteiger partial charge in [0.25, 0.3) is 11.4 Å². The first kappa shape index (κ1) is 10.7. The summed E-state index contributed by atoms with van der Waals surface area (Å²) in [6, 6.07) is 4.67. The van der Waals surface area contributed by atoms with Crippen LogP contribution in [-0.4, -0.2) is 20.6 Å². The maximum absolute atomic E-state index is 11.7. The molecule has 1 amide bonds. The molecule has 3 aromatic rings. The summed E-state index contributed by atoms with van der Waals surface area (Å²) in [5, 5.41) is 19.9. The second-order valence-electron chi connectivity index (χ2n) is 3.66. The zero-order valence-electron chi connectivity index (χ0n) is 8.87. The Morgan fingerprint density at radius 3 is 3.00 bits per heavy atom. The summed E-state index contributed by atoms with van der Waals surface area (Å²) in [5.74, 6) is -0.695. The average Bonchev–Trinajstić information content (AvgIpc) is 2.72. The molecule has 0 saturated heterocycles. The third kappa shape index (κ3) is 1.37. The van der Waals surface area contributed by atoms with E-state index in [2.05, 4.69) is 10.2 Å². The third-order valence-corrected chi connectivity index (χ3v) is 2.80. The summed E-state index contributed by atoms with van der Waals surface area (Å²) in [6.45, 7) is 0. The van der Waals surface area contributed by atoms with E-state index in [1.807, 2.05) is 0 Å². The van der Waals surface area contributed by atoms with Crippen LogP contribution in [0.4, 0.5) is 0 Å². The highest BCUT2D eigenvalue weighted by Crippen LogP contribution is 2.18. The molecule has 0 aliphatic heterocycles. The number of primary amides is 1. The molecule has 2 N–H and O–H groups in total. The number of benzene rings is 1. The number of aromatic nitrogens is 4. The number of nitrogens with two attached hydrogens (primary N) is 1. The van der Waals surface area contributed by atoms with E-state index in [4.69, 9.17) is 17.3 Å². The largest absolute Gasteiger partial charge is 0.594 e. The number of carbonyl (C=O) groups excluding carboxylic acids is 1. The molecule has 2 heterocycles. The molecule has 2 aromatic heterocycles. The molecular formula is C10H6ClN5O2. The van der Waals surface area contributed by atoms with Gasteiger partial charge in [-0.05, 0) is 17.0 Å². The number of hydrogen-bond donors (Lipinski definition) is 1. The molecule has 0 bridgehead atoms. The molecule has 0 fully saturated rings. The Morgan fingerprint density at radius 1 is 1.50 bits per heavy atom. The van der Waals surface area contributed by atoms with Crippen molar-refractivity contribution >= 4 is 34.2 Å². The first-order valence-corrected chi connectivity index (χ1v) is 5.32. The fourth-order valence-electron chi connectivity index (χ4n) is 1.76. The SMILES string of the molecule is NC(=O)c1cnn2c1n[n+]([O-])c1ccc(Cl)cc12. The van der Waals surface area contributed by atoms with Crippen molar-refractivity contribution in [1.82, 2.24) is 14.7 Å². The van der Waals surface area contributed by atoms with E-state index in [9.17, 15) is 10.0 Å². The fourth-order valence-corrected chi connectivity index (χ4v) is 1.92. The van der Waals surface area contributed by atoms with Gasteiger partial charge in [0, 0.05) is 16.2 Å². The predicted octanol–water partition coefficient (Wildman–Crippen LogP) is 0.268. The Bertz CT molecular complexity index is 798. The summed E-state index contributed by atoms with van der Waals surface area (Å²) in [4.78, 5) is 11.6. The molecule has 0 saturated carbocycles. The molecule has 0 spiro atoms. The second kappa shape index (κ2) is 3.54. The number of carbonyl (C=O) groups is 1. The van der Waals surface area contributed by atoms with E-state index in [0.29, 0.717) is 20.9 Å². The highest BCUT2D eigenvalue weighted by atomic mass is 35.5. The van der Waals surface area contributed by atoms with Gasteiger partial charge in [-0.2, -0.15) is 5.10 Å². The zero-order valence-corrected chi connectivity index (χ0v) is 9.63. The lowest BCUT2D eigenvalue weighted by Gasteiger charge is -2.02. The Balaban J connectivity index is 2.54. The highest BCUT2D eigenvalue weighted by Gasteiger charge is 2.18. The van der Waals surface area contributed by atoms with E-state index < -0.39 is 5.91 Å². The van der Waals surface area contributed by atoms with Crippen LogP contribution in [0.2, 0.25) is 5.02 Å². The Labute approximate surface area is 105 Å². The number of rotatable bonds is 1. The van der Waals surface area contributed by atoms with Gasteiger partial charge in [0.1, 0.15) is 11.1 Å². The zero-order chi connectivity index (χ0) is 12.9. The molecule has 0 aliphatic rings. The summed E-state index contributed by atoms with van der Waals surface area (Å²) in [7, 11) is 0. The van der Waals surface area contributed by atoms with Gasteiger partial charge in [0.15, 0.2) is 0 Å². The highest BCUT2D eigenvalue weighted by molar-refractivity contribution is 6.31. The van der Waals surface area contributed by atoms with Gasteiger partial charge in [-0.15, -0.1) is 0 Å². The van der Waals surface area contributed by atoms with E-state index in [0.717, 1.165) is 0 Å². The van der Waals surface area contributed by atoms with Crippen LogP contribution in [0.5, 0.6) is 0 Å². The minimum atomic E-state index is -0.695. The first-order chi connectivity index (χ1) is 8.58. The monoisotopic (exact) mass is 263 g/mol. The van der Waals surface area contributed by atoms with Crippen molar-refractivity contribution in [2.45, 2.75) is 0 Å².